The van der Waals surface area contributed by atoms with Gasteiger partial charge in [-0.15, -0.1) is 0 Å². The van der Waals surface area contributed by atoms with Gasteiger partial charge in [0.2, 0.25) is 0 Å². The van der Waals surface area contributed by atoms with Crippen LogP contribution in [0.1, 0.15) is 26.3 Å². The van der Waals surface area contributed by atoms with Crippen molar-refractivity contribution in [3.05, 3.63) is 48.0 Å². The Balaban J connectivity index is 0. The predicted molar refractivity (Wildman–Crippen MR) is 71.3 cm³/mol. The van der Waals surface area contributed by atoms with E-state index < -0.39 is 0 Å². The molecule has 0 fully saturated rings. The fourth-order valence-electron chi connectivity index (χ4n) is 0.944. The Hall–Kier alpha value is -1.08. The van der Waals surface area contributed by atoms with Crippen LogP contribution >= 0.6 is 0 Å². The van der Waals surface area contributed by atoms with Crippen molar-refractivity contribution >= 4 is 0 Å². The second kappa shape index (κ2) is 12.9. The largest absolute Gasteiger partial charge is 0.323 e. The van der Waals surface area contributed by atoms with Gasteiger partial charge in [0.1, 0.15) is 0 Å². The Bertz CT molecular complexity index is 226. The molecule has 0 bridgehead atoms. The second-order valence-corrected chi connectivity index (χ2v) is 3.12. The van der Waals surface area contributed by atoms with Gasteiger partial charge >= 0.3 is 0 Å². The van der Waals surface area contributed by atoms with Crippen LogP contribution in [-0.2, 0) is 6.42 Å². The first-order valence-corrected chi connectivity index (χ1v) is 5.47. The van der Waals surface area contributed by atoms with Crippen molar-refractivity contribution in [2.75, 3.05) is 14.1 Å². The summed E-state index contributed by atoms with van der Waals surface area (Å²) in [6.07, 6.45) is 1.00. The minimum Gasteiger partial charge on any atom is -0.323 e. The predicted octanol–water partition coefficient (Wildman–Crippen LogP) is 3.67. The van der Waals surface area contributed by atoms with Gasteiger partial charge in [0.15, 0.2) is 0 Å². The van der Waals surface area contributed by atoms with Crippen LogP contribution in [0.25, 0.3) is 0 Å². The van der Waals surface area contributed by atoms with Crippen LogP contribution in [0, 0.1) is 0 Å². The zero-order chi connectivity index (χ0) is 12.1. The molecular formula is C14H25N. The summed E-state index contributed by atoms with van der Waals surface area (Å²) >= 11 is 0. The van der Waals surface area contributed by atoms with Gasteiger partial charge in [-0.05, 0) is 33.0 Å². The highest BCUT2D eigenvalue weighted by atomic mass is 14.7. The molecule has 1 aromatic rings. The van der Waals surface area contributed by atoms with Crippen molar-refractivity contribution in [3.8, 4) is 0 Å². The lowest BCUT2D eigenvalue weighted by Crippen LogP contribution is -1.89. The topological polar surface area (TPSA) is 12.0 Å². The Morgan fingerprint density at radius 1 is 1.13 bits per heavy atom. The third kappa shape index (κ3) is 12.9. The summed E-state index contributed by atoms with van der Waals surface area (Å²) in [6.45, 7) is 9.90. The maximum absolute atomic E-state index is 3.85. The first kappa shape index (κ1) is 16.4. The number of benzene rings is 1. The standard InChI is InChI=1S/C10H12.C2H7N.C2H6/c1-9(2)8-10-6-4-3-5-7-10;1-3-2;1-2/h3-7H,1,8H2,2H3;3H,1-2H3;1-2H3. The van der Waals surface area contributed by atoms with Crippen molar-refractivity contribution in [1.29, 1.82) is 0 Å². The Morgan fingerprint density at radius 2 is 1.53 bits per heavy atom. The summed E-state index contributed by atoms with van der Waals surface area (Å²) < 4.78 is 0. The van der Waals surface area contributed by atoms with E-state index in [0.717, 1.165) is 6.42 Å². The first-order chi connectivity index (χ1) is 7.20. The van der Waals surface area contributed by atoms with Crippen molar-refractivity contribution in [1.82, 2.24) is 5.32 Å². The minimum absolute atomic E-state index is 1.00. The molecule has 1 heteroatoms. The van der Waals surface area contributed by atoms with E-state index >= 15 is 0 Å². The molecule has 1 rings (SSSR count). The van der Waals surface area contributed by atoms with Crippen LogP contribution in [0.4, 0.5) is 0 Å². The molecular weight excluding hydrogens is 182 g/mol. The monoisotopic (exact) mass is 207 g/mol. The SMILES string of the molecule is C=C(C)Cc1ccccc1.CC.CNC. The van der Waals surface area contributed by atoms with Crippen molar-refractivity contribution in [3.63, 3.8) is 0 Å². The molecule has 0 heterocycles. The van der Waals surface area contributed by atoms with Crippen molar-refractivity contribution in [2.24, 2.45) is 0 Å². The molecule has 0 aliphatic heterocycles. The summed E-state index contributed by atoms with van der Waals surface area (Å²) in [5.41, 5.74) is 2.56. The maximum atomic E-state index is 3.85. The highest BCUT2D eigenvalue weighted by Crippen LogP contribution is 2.04. The van der Waals surface area contributed by atoms with E-state index in [4.69, 9.17) is 0 Å². The molecule has 0 atom stereocenters. The van der Waals surface area contributed by atoms with Crippen LogP contribution in [0.5, 0.6) is 0 Å². The number of allylic oxidation sites excluding steroid dienone is 1. The fourth-order valence-corrected chi connectivity index (χ4v) is 0.944. The van der Waals surface area contributed by atoms with Gasteiger partial charge in [0.05, 0.1) is 0 Å². The fraction of sp³-hybridized carbons (Fsp3) is 0.429. The zero-order valence-electron chi connectivity index (χ0n) is 10.8. The van der Waals surface area contributed by atoms with Crippen LogP contribution in [0.15, 0.2) is 42.5 Å². The Kier molecular flexibility index (Phi) is 14.1. The molecule has 0 aliphatic carbocycles. The van der Waals surface area contributed by atoms with E-state index in [-0.39, 0.29) is 0 Å². The van der Waals surface area contributed by atoms with E-state index in [0.29, 0.717) is 0 Å². The number of rotatable bonds is 2. The number of nitrogens with one attached hydrogen (secondary N) is 1. The van der Waals surface area contributed by atoms with Gasteiger partial charge in [-0.3, -0.25) is 0 Å². The molecule has 1 aromatic carbocycles. The summed E-state index contributed by atoms with van der Waals surface area (Å²) in [7, 11) is 3.75. The first-order valence-electron chi connectivity index (χ1n) is 5.47. The van der Waals surface area contributed by atoms with E-state index in [9.17, 15) is 0 Å². The molecule has 15 heavy (non-hydrogen) atoms. The zero-order valence-corrected chi connectivity index (χ0v) is 10.8. The summed E-state index contributed by atoms with van der Waals surface area (Å²) in [5, 5.41) is 2.75. The summed E-state index contributed by atoms with van der Waals surface area (Å²) in [5.74, 6) is 0. The molecule has 86 valence electrons. The second-order valence-electron chi connectivity index (χ2n) is 3.12. The van der Waals surface area contributed by atoms with Crippen LogP contribution in [0.3, 0.4) is 0 Å². The Morgan fingerprint density at radius 3 is 1.87 bits per heavy atom. The molecule has 0 saturated heterocycles. The van der Waals surface area contributed by atoms with E-state index in [2.05, 4.69) is 36.2 Å². The third-order valence-corrected chi connectivity index (χ3v) is 1.35. The molecule has 0 radical (unpaired) electrons. The van der Waals surface area contributed by atoms with E-state index in [1.807, 2.05) is 40.9 Å². The highest BCUT2D eigenvalue weighted by Gasteiger charge is 1.88. The van der Waals surface area contributed by atoms with Gasteiger partial charge in [-0.2, -0.15) is 0 Å². The summed E-state index contributed by atoms with van der Waals surface area (Å²) in [6, 6.07) is 10.4. The highest BCUT2D eigenvalue weighted by molar-refractivity contribution is 5.19. The van der Waals surface area contributed by atoms with E-state index in [1.54, 1.807) is 0 Å². The lowest BCUT2D eigenvalue weighted by Gasteiger charge is -1.97. The van der Waals surface area contributed by atoms with Crippen LogP contribution in [-0.4, -0.2) is 14.1 Å². The Labute approximate surface area is 95.2 Å². The average Bonchev–Trinajstić information content (AvgIpc) is 2.22. The summed E-state index contributed by atoms with van der Waals surface area (Å²) in [4.78, 5) is 0. The molecule has 1 nitrogen and oxygen atoms in total. The van der Waals surface area contributed by atoms with Crippen LogP contribution < -0.4 is 5.32 Å². The lowest BCUT2D eigenvalue weighted by atomic mass is 10.1. The quantitative estimate of drug-likeness (QED) is 0.730. The third-order valence-electron chi connectivity index (χ3n) is 1.35. The van der Waals surface area contributed by atoms with Crippen molar-refractivity contribution < 1.29 is 0 Å². The normalized spacial score (nSPS) is 7.80. The van der Waals surface area contributed by atoms with Crippen LogP contribution in [0.2, 0.25) is 0 Å². The van der Waals surface area contributed by atoms with Gasteiger partial charge < -0.3 is 5.32 Å². The smallest absolute Gasteiger partial charge is 0.00726 e. The van der Waals surface area contributed by atoms with Crippen molar-refractivity contribution in [2.45, 2.75) is 27.2 Å². The molecule has 0 aliphatic rings. The molecule has 0 spiro atoms. The maximum Gasteiger partial charge on any atom is -0.00726 e. The average molecular weight is 207 g/mol. The lowest BCUT2D eigenvalue weighted by molar-refractivity contribution is 1.02. The number of hydrogen-bond donors (Lipinski definition) is 1. The minimum atomic E-state index is 1.00. The molecule has 0 saturated carbocycles. The van der Waals surface area contributed by atoms with Gasteiger partial charge in [-0.1, -0.05) is 56.3 Å². The molecule has 0 unspecified atom stereocenters. The van der Waals surface area contributed by atoms with Gasteiger partial charge in [-0.25, -0.2) is 0 Å². The van der Waals surface area contributed by atoms with Gasteiger partial charge in [0.25, 0.3) is 0 Å². The van der Waals surface area contributed by atoms with E-state index in [1.165, 1.54) is 11.1 Å². The number of hydrogen-bond acceptors (Lipinski definition) is 1. The molecule has 1 N–H and O–H groups in total. The molecule has 0 amide bonds. The van der Waals surface area contributed by atoms with Gasteiger partial charge in [0, 0.05) is 0 Å². The molecule has 0 aromatic heterocycles.